The fraction of sp³-hybridized carbons (Fsp3) is 0.682. The van der Waals surface area contributed by atoms with E-state index in [4.69, 9.17) is 21.3 Å². The zero-order valence-corrected chi connectivity index (χ0v) is 21.2. The second kappa shape index (κ2) is 13.1. The van der Waals surface area contributed by atoms with Crippen molar-refractivity contribution < 1.29 is 13.5 Å². The molecule has 0 spiro atoms. The molecule has 1 aromatic rings. The average Bonchev–Trinajstić information content (AvgIpc) is 2.74. The maximum atomic E-state index is 12.6. The van der Waals surface area contributed by atoms with Gasteiger partial charge < -0.3 is 15.4 Å². The van der Waals surface area contributed by atoms with Gasteiger partial charge in [0.15, 0.2) is 5.96 Å². The molecule has 2 aliphatic rings. The number of nitrogens with one attached hydrogen (secondary N) is 2. The van der Waals surface area contributed by atoms with Crippen LogP contribution in [0.5, 0.6) is 0 Å². The molecular formula is C22H34ClF2IN4O. The largest absolute Gasteiger partial charge is 0.381 e. The van der Waals surface area contributed by atoms with Gasteiger partial charge in [-0.2, -0.15) is 0 Å². The number of ether oxygens (including phenoxy) is 1. The van der Waals surface area contributed by atoms with E-state index in [0.29, 0.717) is 32.8 Å². The van der Waals surface area contributed by atoms with Crippen molar-refractivity contribution in [3.63, 3.8) is 0 Å². The van der Waals surface area contributed by atoms with Gasteiger partial charge in [0, 0.05) is 49.3 Å². The van der Waals surface area contributed by atoms with Crippen molar-refractivity contribution in [3.8, 4) is 0 Å². The minimum atomic E-state index is -2.27. The highest BCUT2D eigenvalue weighted by atomic mass is 127. The number of halogens is 4. The fourth-order valence-corrected chi connectivity index (χ4v) is 4.70. The molecule has 0 aliphatic carbocycles. The summed E-state index contributed by atoms with van der Waals surface area (Å²) in [6, 6.07) is 8.26. The van der Waals surface area contributed by atoms with Crippen LogP contribution < -0.4 is 10.6 Å². The lowest BCUT2D eigenvalue weighted by Gasteiger charge is -2.37. The molecule has 2 heterocycles. The highest BCUT2D eigenvalue weighted by Crippen LogP contribution is 2.38. The fourth-order valence-electron chi connectivity index (χ4n) is 4.36. The molecule has 2 N–H and O–H groups in total. The van der Waals surface area contributed by atoms with Crippen molar-refractivity contribution in [1.29, 1.82) is 0 Å². The lowest BCUT2D eigenvalue weighted by atomic mass is 9.74. The first kappa shape index (κ1) is 26.5. The quantitative estimate of drug-likeness (QED) is 0.292. The molecule has 0 bridgehead atoms. The number of piperidine rings is 1. The number of alkyl halides is 2. The molecular weight excluding hydrogens is 537 g/mol. The number of aliphatic imine (C=N–C) groups is 1. The van der Waals surface area contributed by atoms with Gasteiger partial charge in [-0.3, -0.25) is 9.89 Å². The number of nitrogens with zero attached hydrogens (tertiary/aromatic N) is 2. The van der Waals surface area contributed by atoms with Gasteiger partial charge in [0.05, 0.1) is 13.1 Å². The van der Waals surface area contributed by atoms with Crippen molar-refractivity contribution in [2.75, 3.05) is 45.9 Å². The van der Waals surface area contributed by atoms with Crippen molar-refractivity contribution in [3.05, 3.63) is 34.9 Å². The van der Waals surface area contributed by atoms with E-state index in [0.717, 1.165) is 48.8 Å². The predicted octanol–water partition coefficient (Wildman–Crippen LogP) is 4.29. The molecule has 2 aliphatic heterocycles. The van der Waals surface area contributed by atoms with Crippen LogP contribution in [0.3, 0.4) is 0 Å². The molecule has 1 aromatic carbocycles. The second-order valence-corrected chi connectivity index (χ2v) is 8.59. The third-order valence-electron chi connectivity index (χ3n) is 6.10. The van der Waals surface area contributed by atoms with E-state index in [2.05, 4.69) is 16.7 Å². The Hall–Kier alpha value is -0.710. The summed E-state index contributed by atoms with van der Waals surface area (Å²) in [5.74, 6) is 0.780. The second-order valence-electron chi connectivity index (χ2n) is 8.18. The van der Waals surface area contributed by atoms with Crippen molar-refractivity contribution >= 4 is 41.5 Å². The molecule has 0 aromatic heterocycles. The van der Waals surface area contributed by atoms with Gasteiger partial charge in [-0.05, 0) is 44.2 Å². The Labute approximate surface area is 206 Å². The highest BCUT2D eigenvalue weighted by molar-refractivity contribution is 14.0. The lowest BCUT2D eigenvalue weighted by Crippen LogP contribution is -2.49. The van der Waals surface area contributed by atoms with E-state index in [1.165, 1.54) is 0 Å². The summed E-state index contributed by atoms with van der Waals surface area (Å²) in [6.07, 6.45) is 1.16. The van der Waals surface area contributed by atoms with Crippen LogP contribution in [0.15, 0.2) is 29.3 Å². The van der Waals surface area contributed by atoms with Crippen LogP contribution in [0.1, 0.15) is 38.2 Å². The molecule has 2 saturated heterocycles. The Morgan fingerprint density at radius 3 is 2.55 bits per heavy atom. The van der Waals surface area contributed by atoms with Crippen molar-refractivity contribution in [2.45, 2.75) is 50.5 Å². The summed E-state index contributed by atoms with van der Waals surface area (Å²) in [4.78, 5) is 6.77. The predicted molar refractivity (Wildman–Crippen MR) is 133 cm³/mol. The Morgan fingerprint density at radius 2 is 1.94 bits per heavy atom. The Bertz CT molecular complexity index is 696. The zero-order valence-electron chi connectivity index (χ0n) is 18.1. The molecule has 3 rings (SSSR count). The van der Waals surface area contributed by atoms with E-state index >= 15 is 0 Å². The maximum absolute atomic E-state index is 12.6. The van der Waals surface area contributed by atoms with Gasteiger partial charge in [0.2, 0.25) is 0 Å². The maximum Gasteiger partial charge on any atom is 0.251 e. The summed E-state index contributed by atoms with van der Waals surface area (Å²) in [6.45, 7) is 6.06. The topological polar surface area (TPSA) is 48.9 Å². The van der Waals surface area contributed by atoms with Crippen LogP contribution in [0.4, 0.5) is 8.78 Å². The first-order valence-corrected chi connectivity index (χ1v) is 11.3. The third-order valence-corrected chi connectivity index (χ3v) is 6.43. The summed E-state index contributed by atoms with van der Waals surface area (Å²) < 4.78 is 30.8. The molecule has 0 saturated carbocycles. The van der Waals surface area contributed by atoms with Crippen molar-refractivity contribution in [1.82, 2.24) is 15.5 Å². The first-order valence-electron chi connectivity index (χ1n) is 10.9. The number of guanidine groups is 1. The van der Waals surface area contributed by atoms with Gasteiger partial charge in [-0.15, -0.1) is 24.0 Å². The van der Waals surface area contributed by atoms with Crippen LogP contribution in [0.2, 0.25) is 5.02 Å². The summed E-state index contributed by atoms with van der Waals surface area (Å²) in [5, 5.41) is 7.63. The number of hydrogen-bond donors (Lipinski definition) is 2. The van der Waals surface area contributed by atoms with Crippen LogP contribution >= 0.6 is 35.6 Å². The molecule has 5 nitrogen and oxygen atoms in total. The SMILES string of the molecule is CCNC(=NCC1(c2ccccc2Cl)CCOCC1)NC1CCN(CC(F)F)CC1.I. The summed E-state index contributed by atoms with van der Waals surface area (Å²) in [7, 11) is 0. The van der Waals surface area contributed by atoms with Gasteiger partial charge in [0.25, 0.3) is 6.43 Å². The minimum absolute atomic E-state index is 0. The van der Waals surface area contributed by atoms with E-state index in [-0.39, 0.29) is 42.0 Å². The van der Waals surface area contributed by atoms with E-state index in [1.807, 2.05) is 30.0 Å². The monoisotopic (exact) mass is 570 g/mol. The molecule has 2 fully saturated rings. The third kappa shape index (κ3) is 7.68. The molecule has 31 heavy (non-hydrogen) atoms. The van der Waals surface area contributed by atoms with E-state index in [9.17, 15) is 8.78 Å². The van der Waals surface area contributed by atoms with Crippen molar-refractivity contribution in [2.24, 2.45) is 4.99 Å². The van der Waals surface area contributed by atoms with Gasteiger partial charge in [-0.25, -0.2) is 8.78 Å². The molecule has 176 valence electrons. The smallest absolute Gasteiger partial charge is 0.251 e. The Balaban J connectivity index is 0.00000341. The zero-order chi connectivity index (χ0) is 21.4. The van der Waals surface area contributed by atoms with E-state index in [1.54, 1.807) is 0 Å². The number of rotatable bonds is 7. The number of hydrogen-bond acceptors (Lipinski definition) is 3. The number of likely N-dealkylation sites (tertiary alicyclic amines) is 1. The van der Waals surface area contributed by atoms with Crippen LogP contribution in [0.25, 0.3) is 0 Å². The minimum Gasteiger partial charge on any atom is -0.381 e. The van der Waals surface area contributed by atoms with Crippen LogP contribution in [-0.4, -0.2) is 69.3 Å². The first-order chi connectivity index (χ1) is 14.5. The average molecular weight is 571 g/mol. The highest BCUT2D eigenvalue weighted by Gasteiger charge is 2.36. The van der Waals surface area contributed by atoms with Gasteiger partial charge in [-0.1, -0.05) is 29.8 Å². The molecule has 0 atom stereocenters. The Kier molecular flexibility index (Phi) is 11.2. The van der Waals surface area contributed by atoms with Gasteiger partial charge in [0.1, 0.15) is 0 Å². The summed E-state index contributed by atoms with van der Waals surface area (Å²) in [5.41, 5.74) is 0.995. The lowest BCUT2D eigenvalue weighted by molar-refractivity contribution is 0.0531. The summed E-state index contributed by atoms with van der Waals surface area (Å²) >= 11 is 6.55. The molecule has 0 amide bonds. The number of benzene rings is 1. The van der Waals surface area contributed by atoms with E-state index < -0.39 is 6.43 Å². The standard InChI is InChI=1S/C22H33ClF2N4O.HI/c1-2-26-21(28-17-7-11-29(12-8-17)15-20(24)25)27-16-22(9-13-30-14-10-22)18-5-3-4-6-19(18)23;/h3-6,17,20H,2,7-16H2,1H3,(H2,26,27,28);1H. The molecule has 0 radical (unpaired) electrons. The van der Waals surface area contributed by atoms with Crippen LogP contribution in [0, 0.1) is 0 Å². The molecule has 0 unspecified atom stereocenters. The van der Waals surface area contributed by atoms with Crippen LogP contribution in [-0.2, 0) is 10.2 Å². The normalized spacial score (nSPS) is 20.4. The molecule has 9 heteroatoms. The Morgan fingerprint density at radius 1 is 1.26 bits per heavy atom. The van der Waals surface area contributed by atoms with Gasteiger partial charge >= 0.3 is 0 Å².